The summed E-state index contributed by atoms with van der Waals surface area (Å²) in [5, 5.41) is 3.42. The number of amides is 1. The lowest BCUT2D eigenvalue weighted by molar-refractivity contribution is 0.0646. The molecule has 2 aromatic rings. The molecule has 0 saturated carbocycles. The number of nitrogens with one attached hydrogen (secondary N) is 1. The van der Waals surface area contributed by atoms with Gasteiger partial charge in [-0.15, -0.1) is 11.3 Å². The molecule has 1 aliphatic rings. The molecule has 2 aromatic heterocycles. The summed E-state index contributed by atoms with van der Waals surface area (Å²) < 4.78 is 0. The Labute approximate surface area is 140 Å². The van der Waals surface area contributed by atoms with Crippen LogP contribution in [0, 0.1) is 6.92 Å². The van der Waals surface area contributed by atoms with Crippen molar-refractivity contribution in [1.82, 2.24) is 20.2 Å². The highest BCUT2D eigenvalue weighted by molar-refractivity contribution is 7.11. The van der Waals surface area contributed by atoms with Crippen LogP contribution in [0.5, 0.6) is 0 Å². The third-order valence-corrected chi connectivity index (χ3v) is 5.16. The molecule has 5 nitrogen and oxygen atoms in total. The number of carbonyl (C=O) groups excluding carboxylic acids is 1. The number of thiazole rings is 1. The predicted molar refractivity (Wildman–Crippen MR) is 91.5 cm³/mol. The average molecular weight is 330 g/mol. The number of carbonyl (C=O) groups is 1. The first-order chi connectivity index (χ1) is 11.3. The number of pyridine rings is 1. The molecule has 0 spiro atoms. The minimum Gasteiger partial charge on any atom is -0.329 e. The zero-order chi connectivity index (χ0) is 16.1. The van der Waals surface area contributed by atoms with Crippen molar-refractivity contribution in [3.05, 3.63) is 46.2 Å². The Balaban J connectivity index is 1.86. The lowest BCUT2D eigenvalue weighted by Gasteiger charge is -2.30. The average Bonchev–Trinajstić information content (AvgIpc) is 2.84. The van der Waals surface area contributed by atoms with Gasteiger partial charge in [-0.05, 0) is 51.4 Å². The summed E-state index contributed by atoms with van der Waals surface area (Å²) in [6, 6.07) is 6.10. The number of rotatable bonds is 4. The van der Waals surface area contributed by atoms with Crippen molar-refractivity contribution in [2.75, 3.05) is 13.1 Å². The topological polar surface area (TPSA) is 58.1 Å². The number of hydrogen-bond acceptors (Lipinski definition) is 5. The summed E-state index contributed by atoms with van der Waals surface area (Å²) in [7, 11) is 0. The Morgan fingerprint density at radius 2 is 2.26 bits per heavy atom. The maximum atomic E-state index is 13.1. The van der Waals surface area contributed by atoms with Crippen molar-refractivity contribution in [2.24, 2.45) is 0 Å². The van der Waals surface area contributed by atoms with E-state index in [1.165, 1.54) is 11.3 Å². The van der Waals surface area contributed by atoms with Gasteiger partial charge in [-0.3, -0.25) is 9.78 Å². The van der Waals surface area contributed by atoms with Crippen molar-refractivity contribution in [2.45, 2.75) is 38.8 Å². The van der Waals surface area contributed by atoms with E-state index in [2.05, 4.69) is 15.3 Å². The van der Waals surface area contributed by atoms with Crippen LogP contribution in [0.3, 0.4) is 0 Å². The van der Waals surface area contributed by atoms with Gasteiger partial charge < -0.3 is 10.2 Å². The van der Waals surface area contributed by atoms with E-state index < -0.39 is 0 Å². The molecule has 3 heterocycles. The van der Waals surface area contributed by atoms with Crippen LogP contribution in [-0.2, 0) is 6.54 Å². The van der Waals surface area contributed by atoms with Gasteiger partial charge in [0.2, 0.25) is 0 Å². The smallest absolute Gasteiger partial charge is 0.266 e. The van der Waals surface area contributed by atoms with Gasteiger partial charge in [0.05, 0.1) is 23.4 Å². The molecule has 1 fully saturated rings. The summed E-state index contributed by atoms with van der Waals surface area (Å²) in [5.41, 5.74) is 3.49. The maximum Gasteiger partial charge on any atom is 0.266 e. The zero-order valence-electron chi connectivity index (χ0n) is 13.4. The lowest BCUT2D eigenvalue weighted by atomic mass is 10.1. The Morgan fingerprint density at radius 3 is 3.00 bits per heavy atom. The van der Waals surface area contributed by atoms with Gasteiger partial charge in [-0.1, -0.05) is 6.07 Å². The highest BCUT2D eigenvalue weighted by Crippen LogP contribution is 2.22. The van der Waals surface area contributed by atoms with Crippen LogP contribution in [-0.4, -0.2) is 39.9 Å². The maximum absolute atomic E-state index is 13.1. The van der Waals surface area contributed by atoms with Crippen molar-refractivity contribution < 1.29 is 4.79 Å². The fraction of sp³-hybridized carbons (Fsp3) is 0.471. The number of aromatic nitrogens is 2. The molecule has 1 aliphatic heterocycles. The Hall–Kier alpha value is -1.79. The highest BCUT2D eigenvalue weighted by atomic mass is 32.1. The van der Waals surface area contributed by atoms with Crippen molar-refractivity contribution in [3.8, 4) is 0 Å². The molecule has 1 amide bonds. The summed E-state index contributed by atoms with van der Waals surface area (Å²) >= 11 is 1.43. The van der Waals surface area contributed by atoms with E-state index in [0.717, 1.165) is 48.6 Å². The Kier molecular flexibility index (Phi) is 5.35. The standard InChI is InChI=1S/C17H22N4OS/c1-13-16(23-12-20-13)17(22)21(11-14-5-2-3-9-19-14)15-6-4-8-18-10-7-15/h2-3,5,9,12,15,18H,4,6-8,10-11H2,1H3/t15-/m0/s1. The largest absolute Gasteiger partial charge is 0.329 e. The third kappa shape index (κ3) is 3.95. The molecule has 1 saturated heterocycles. The first-order valence-corrected chi connectivity index (χ1v) is 8.95. The monoisotopic (exact) mass is 330 g/mol. The summed E-state index contributed by atoms with van der Waals surface area (Å²) in [6.45, 7) is 4.44. The number of aryl methyl sites for hydroxylation is 1. The molecule has 0 aliphatic carbocycles. The minimum absolute atomic E-state index is 0.0857. The number of hydrogen-bond donors (Lipinski definition) is 1. The molecule has 0 bridgehead atoms. The molecular formula is C17H22N4OS. The van der Waals surface area contributed by atoms with Crippen molar-refractivity contribution >= 4 is 17.2 Å². The van der Waals surface area contributed by atoms with Gasteiger partial charge >= 0.3 is 0 Å². The lowest BCUT2D eigenvalue weighted by Crippen LogP contribution is -2.40. The molecule has 6 heteroatoms. The molecule has 1 atom stereocenters. The quantitative estimate of drug-likeness (QED) is 0.936. The second-order valence-electron chi connectivity index (χ2n) is 5.86. The summed E-state index contributed by atoms with van der Waals surface area (Å²) in [4.78, 5) is 24.5. The predicted octanol–water partition coefficient (Wildman–Crippen LogP) is 2.63. The second kappa shape index (κ2) is 7.66. The molecule has 3 rings (SSSR count). The van der Waals surface area contributed by atoms with Gasteiger partial charge in [0.1, 0.15) is 4.88 Å². The fourth-order valence-electron chi connectivity index (χ4n) is 2.98. The van der Waals surface area contributed by atoms with E-state index in [4.69, 9.17) is 0 Å². The third-order valence-electron chi connectivity index (χ3n) is 4.25. The minimum atomic E-state index is 0.0857. The zero-order valence-corrected chi connectivity index (χ0v) is 14.2. The number of nitrogens with zero attached hydrogens (tertiary/aromatic N) is 3. The van der Waals surface area contributed by atoms with Crippen LogP contribution in [0.15, 0.2) is 29.9 Å². The van der Waals surface area contributed by atoms with Gasteiger partial charge in [-0.2, -0.15) is 0 Å². The van der Waals surface area contributed by atoms with E-state index in [-0.39, 0.29) is 11.9 Å². The van der Waals surface area contributed by atoms with E-state index >= 15 is 0 Å². The molecular weight excluding hydrogens is 308 g/mol. The normalized spacial score (nSPS) is 18.4. The van der Waals surface area contributed by atoms with Crippen LogP contribution in [0.25, 0.3) is 0 Å². The Morgan fingerprint density at radius 1 is 1.35 bits per heavy atom. The molecule has 0 unspecified atom stereocenters. The molecule has 1 N–H and O–H groups in total. The van der Waals surface area contributed by atoms with E-state index in [1.54, 1.807) is 11.7 Å². The first-order valence-electron chi connectivity index (χ1n) is 8.07. The Bertz CT molecular complexity index is 635. The van der Waals surface area contributed by atoms with Crippen LogP contribution < -0.4 is 5.32 Å². The van der Waals surface area contributed by atoms with Crippen molar-refractivity contribution in [3.63, 3.8) is 0 Å². The van der Waals surface area contributed by atoms with Crippen molar-refractivity contribution in [1.29, 1.82) is 0 Å². The SMILES string of the molecule is Cc1ncsc1C(=O)N(Cc1ccccn1)[C@H]1CCCNCC1. The van der Waals surface area contributed by atoms with Gasteiger partial charge in [0.25, 0.3) is 5.91 Å². The second-order valence-corrected chi connectivity index (χ2v) is 6.71. The van der Waals surface area contributed by atoms with Crippen LogP contribution >= 0.6 is 11.3 Å². The van der Waals surface area contributed by atoms with Gasteiger partial charge in [-0.25, -0.2) is 4.98 Å². The molecule has 0 aromatic carbocycles. The summed E-state index contributed by atoms with van der Waals surface area (Å²) in [6.07, 6.45) is 4.89. The van der Waals surface area contributed by atoms with E-state index in [9.17, 15) is 4.79 Å². The van der Waals surface area contributed by atoms with Crippen LogP contribution in [0.1, 0.15) is 40.3 Å². The molecule has 0 radical (unpaired) electrons. The highest BCUT2D eigenvalue weighted by Gasteiger charge is 2.27. The van der Waals surface area contributed by atoms with Gasteiger partial charge in [0.15, 0.2) is 0 Å². The summed E-state index contributed by atoms with van der Waals surface area (Å²) in [5.74, 6) is 0.0857. The molecule has 23 heavy (non-hydrogen) atoms. The fourth-order valence-corrected chi connectivity index (χ4v) is 3.74. The van der Waals surface area contributed by atoms with Gasteiger partial charge in [0, 0.05) is 12.2 Å². The van der Waals surface area contributed by atoms with Crippen LogP contribution in [0.4, 0.5) is 0 Å². The van der Waals surface area contributed by atoms with Crippen LogP contribution in [0.2, 0.25) is 0 Å². The molecule has 122 valence electrons. The first kappa shape index (κ1) is 16.1. The van der Waals surface area contributed by atoms with E-state index in [0.29, 0.717) is 6.54 Å². The van der Waals surface area contributed by atoms with E-state index in [1.807, 2.05) is 30.0 Å².